The molecule has 4 nitrogen and oxygen atoms in total. The van der Waals surface area contributed by atoms with Crippen LogP contribution in [0.2, 0.25) is 0 Å². The lowest BCUT2D eigenvalue weighted by molar-refractivity contribution is -0.0000236. The zero-order valence-corrected chi connectivity index (χ0v) is 15.7. The van der Waals surface area contributed by atoms with Crippen LogP contribution in [0, 0.1) is 6.92 Å². The Kier molecular flexibility index (Phi) is 6.98. The molecule has 0 unspecified atom stereocenters. The number of esters is 1. The van der Waals surface area contributed by atoms with Gasteiger partial charge in [0.25, 0.3) is 0 Å². The number of hydrogen-bond acceptors (Lipinski definition) is 4. The Balaban J connectivity index is 0.00000243. The van der Waals surface area contributed by atoms with Crippen LogP contribution in [0.4, 0.5) is 11.4 Å². The van der Waals surface area contributed by atoms with Gasteiger partial charge in [0.2, 0.25) is 0 Å². The second kappa shape index (κ2) is 9.20. The lowest BCUT2D eigenvalue weighted by atomic mass is 10.1. The summed E-state index contributed by atoms with van der Waals surface area (Å²) in [5.41, 5.74) is 4.40. The number of anilines is 2. The van der Waals surface area contributed by atoms with Gasteiger partial charge in [-0.05, 0) is 49.7 Å². The fourth-order valence-electron chi connectivity index (χ4n) is 2.65. The van der Waals surface area contributed by atoms with Crippen LogP contribution in [0.1, 0.15) is 35.8 Å². The maximum atomic E-state index is 12.0. The van der Waals surface area contributed by atoms with E-state index in [4.69, 9.17) is 4.74 Å². The summed E-state index contributed by atoms with van der Waals surface area (Å²) >= 11 is 0. The van der Waals surface area contributed by atoms with Crippen molar-refractivity contribution in [1.29, 1.82) is 0 Å². The average Bonchev–Trinajstić information content (AvgIpc) is 2.62. The van der Waals surface area contributed by atoms with E-state index in [2.05, 4.69) is 17.2 Å². The summed E-state index contributed by atoms with van der Waals surface area (Å²) < 4.78 is 5.23. The van der Waals surface area contributed by atoms with Crippen molar-refractivity contribution < 1.29 is 21.9 Å². The summed E-state index contributed by atoms with van der Waals surface area (Å²) in [5, 5.41) is 4.48. The van der Waals surface area contributed by atoms with Crippen molar-refractivity contribution in [3.05, 3.63) is 65.9 Å². The molecule has 0 bridgehead atoms. The number of nitrogens with zero attached hydrogens (tertiary/aromatic N) is 1. The van der Waals surface area contributed by atoms with E-state index in [1.54, 1.807) is 12.1 Å². The molecule has 0 atom stereocenters. The van der Waals surface area contributed by atoms with Gasteiger partial charge in [-0.15, -0.1) is 0 Å². The van der Waals surface area contributed by atoms with E-state index in [1.165, 1.54) is 0 Å². The van der Waals surface area contributed by atoms with Crippen molar-refractivity contribution in [2.75, 3.05) is 11.9 Å². The number of carbonyl (C=O) groups is 1. The molecule has 0 spiro atoms. The van der Waals surface area contributed by atoms with Gasteiger partial charge < -0.3 is 22.5 Å². The van der Waals surface area contributed by atoms with Crippen LogP contribution < -0.4 is 17.7 Å². The summed E-state index contributed by atoms with van der Waals surface area (Å²) in [6, 6.07) is 17.4. The third kappa shape index (κ3) is 4.73. The molecule has 2 aromatic carbocycles. The summed E-state index contributed by atoms with van der Waals surface area (Å²) in [6.07, 6.45) is 1.90. The first-order chi connectivity index (χ1) is 12.2. The van der Waals surface area contributed by atoms with Crippen molar-refractivity contribution >= 4 is 28.2 Å². The Morgan fingerprint density at radius 1 is 1.12 bits per heavy atom. The minimum Gasteiger partial charge on any atom is -1.00 e. The molecule has 1 aromatic heterocycles. The maximum Gasteiger partial charge on any atom is 0.338 e. The predicted octanol–water partition coefficient (Wildman–Crippen LogP) is 2.25. The van der Waals surface area contributed by atoms with Gasteiger partial charge >= 0.3 is 5.97 Å². The number of pyridine rings is 1. The highest BCUT2D eigenvalue weighted by Crippen LogP contribution is 2.26. The van der Waals surface area contributed by atoms with Gasteiger partial charge in [0.1, 0.15) is 0 Å². The molecule has 0 fully saturated rings. The van der Waals surface area contributed by atoms with Gasteiger partial charge in [0, 0.05) is 22.5 Å². The molecule has 0 saturated carbocycles. The standard InChI is InChI=1S/C21H22N2O2.ClH/c1-3-4-13-25-21(24)16-9-11-17(12-10-16)23-20-14-15(2)22-19-8-6-5-7-18(19)20;/h5-12,14H,3-4,13H2,1-2H3,(H,22,23);1H/p-1. The molecule has 136 valence electrons. The van der Waals surface area contributed by atoms with Crippen LogP contribution in [-0.4, -0.2) is 17.6 Å². The fourth-order valence-corrected chi connectivity index (χ4v) is 2.65. The molecule has 0 radical (unpaired) electrons. The predicted molar refractivity (Wildman–Crippen MR) is 101 cm³/mol. The third-order valence-electron chi connectivity index (χ3n) is 3.97. The largest absolute Gasteiger partial charge is 1.00 e. The maximum absolute atomic E-state index is 12.0. The summed E-state index contributed by atoms with van der Waals surface area (Å²) in [4.78, 5) is 16.5. The molecule has 1 N–H and O–H groups in total. The number of ether oxygens (including phenoxy) is 1. The number of fused-ring (bicyclic) bond motifs is 1. The Hall–Kier alpha value is -2.59. The molecular weight excluding hydrogens is 348 g/mol. The number of hydrogen-bond donors (Lipinski definition) is 1. The van der Waals surface area contributed by atoms with E-state index < -0.39 is 0 Å². The molecule has 1 heterocycles. The monoisotopic (exact) mass is 369 g/mol. The van der Waals surface area contributed by atoms with Crippen LogP contribution >= 0.6 is 0 Å². The van der Waals surface area contributed by atoms with Crippen LogP contribution in [0.3, 0.4) is 0 Å². The van der Waals surface area contributed by atoms with Crippen molar-refractivity contribution in [3.8, 4) is 0 Å². The number of unbranched alkanes of at least 4 members (excludes halogenated alkanes) is 1. The molecule has 3 rings (SSSR count). The quantitative estimate of drug-likeness (QED) is 0.535. The summed E-state index contributed by atoms with van der Waals surface area (Å²) in [5.74, 6) is -0.273. The van der Waals surface area contributed by atoms with Crippen molar-refractivity contribution in [2.24, 2.45) is 0 Å². The zero-order valence-electron chi connectivity index (χ0n) is 15.0. The van der Waals surface area contributed by atoms with Crippen molar-refractivity contribution in [3.63, 3.8) is 0 Å². The zero-order chi connectivity index (χ0) is 17.6. The number of nitrogens with one attached hydrogen (secondary N) is 1. The van der Waals surface area contributed by atoms with E-state index in [0.717, 1.165) is 40.8 Å². The smallest absolute Gasteiger partial charge is 0.338 e. The number of aryl methyl sites for hydroxylation is 1. The Morgan fingerprint density at radius 2 is 1.85 bits per heavy atom. The Bertz CT molecular complexity index is 879. The molecule has 3 aromatic rings. The first-order valence-electron chi connectivity index (χ1n) is 8.58. The van der Waals surface area contributed by atoms with Crippen molar-refractivity contribution in [2.45, 2.75) is 26.7 Å². The number of benzene rings is 2. The molecule has 0 aliphatic carbocycles. The molecule has 5 heteroatoms. The van der Waals surface area contributed by atoms with Gasteiger partial charge in [-0.25, -0.2) is 4.79 Å². The number of halogens is 1. The lowest BCUT2D eigenvalue weighted by Gasteiger charge is -2.11. The average molecular weight is 370 g/mol. The Morgan fingerprint density at radius 3 is 2.58 bits per heavy atom. The van der Waals surface area contributed by atoms with E-state index >= 15 is 0 Å². The topological polar surface area (TPSA) is 51.2 Å². The van der Waals surface area contributed by atoms with E-state index in [9.17, 15) is 4.79 Å². The molecule has 26 heavy (non-hydrogen) atoms. The molecular formula is C21H22ClN2O2-. The highest BCUT2D eigenvalue weighted by Gasteiger charge is 2.08. The fraction of sp³-hybridized carbons (Fsp3) is 0.238. The Labute approximate surface area is 160 Å². The van der Waals surface area contributed by atoms with Gasteiger partial charge in [0.05, 0.1) is 17.7 Å². The normalized spacial score (nSPS) is 10.2. The minimum absolute atomic E-state index is 0. The molecule has 0 aliphatic heterocycles. The van der Waals surface area contributed by atoms with E-state index in [0.29, 0.717) is 12.2 Å². The molecule has 0 saturated heterocycles. The van der Waals surface area contributed by atoms with Crippen LogP contribution in [-0.2, 0) is 4.74 Å². The van der Waals surface area contributed by atoms with Gasteiger partial charge in [-0.1, -0.05) is 31.5 Å². The second-order valence-corrected chi connectivity index (χ2v) is 6.02. The number of aromatic nitrogens is 1. The number of carbonyl (C=O) groups excluding carboxylic acids is 1. The first kappa shape index (κ1) is 19.7. The van der Waals surface area contributed by atoms with Crippen LogP contribution in [0.5, 0.6) is 0 Å². The van der Waals surface area contributed by atoms with Crippen molar-refractivity contribution in [1.82, 2.24) is 4.98 Å². The number of para-hydroxylation sites is 1. The SMILES string of the molecule is CCCCOC(=O)c1ccc(Nc2cc(C)nc3ccccc23)cc1.[Cl-]. The molecule has 0 aliphatic rings. The molecule has 0 amide bonds. The third-order valence-corrected chi connectivity index (χ3v) is 3.97. The summed E-state index contributed by atoms with van der Waals surface area (Å²) in [7, 11) is 0. The summed E-state index contributed by atoms with van der Waals surface area (Å²) in [6.45, 7) is 4.52. The van der Waals surface area contributed by atoms with Crippen LogP contribution in [0.25, 0.3) is 10.9 Å². The van der Waals surface area contributed by atoms with Gasteiger partial charge in [0.15, 0.2) is 0 Å². The highest BCUT2D eigenvalue weighted by molar-refractivity contribution is 5.94. The number of rotatable bonds is 6. The first-order valence-corrected chi connectivity index (χ1v) is 8.58. The highest BCUT2D eigenvalue weighted by atomic mass is 35.5. The van der Waals surface area contributed by atoms with Crippen LogP contribution in [0.15, 0.2) is 54.6 Å². The van der Waals surface area contributed by atoms with E-state index in [-0.39, 0.29) is 18.4 Å². The lowest BCUT2D eigenvalue weighted by Crippen LogP contribution is -3.00. The second-order valence-electron chi connectivity index (χ2n) is 6.02. The van der Waals surface area contributed by atoms with Gasteiger partial charge in [-0.2, -0.15) is 0 Å². The van der Waals surface area contributed by atoms with E-state index in [1.807, 2.05) is 49.4 Å². The minimum atomic E-state index is -0.273. The van der Waals surface area contributed by atoms with Gasteiger partial charge in [-0.3, -0.25) is 4.98 Å².